The molecule has 1 amide bonds. The molecule has 2 aromatic rings. The number of aromatic nitrogens is 2. The molecule has 1 aliphatic rings. The molecular weight excluding hydrogens is 285 g/mol. The van der Waals surface area contributed by atoms with Gasteiger partial charge in [-0.2, -0.15) is 5.10 Å². The zero-order valence-electron chi connectivity index (χ0n) is 12.4. The molecule has 1 saturated heterocycles. The number of benzene rings is 1. The van der Waals surface area contributed by atoms with Gasteiger partial charge in [-0.15, -0.1) is 0 Å². The number of carbonyl (C=O) groups is 2. The van der Waals surface area contributed by atoms with Gasteiger partial charge >= 0.3 is 0 Å². The summed E-state index contributed by atoms with van der Waals surface area (Å²) in [5.41, 5.74) is 2.14. The third kappa shape index (κ3) is 2.52. The van der Waals surface area contributed by atoms with Gasteiger partial charge < -0.3 is 4.90 Å². The van der Waals surface area contributed by atoms with Gasteiger partial charge in [-0.1, -0.05) is 0 Å². The van der Waals surface area contributed by atoms with E-state index in [-0.39, 0.29) is 24.1 Å². The van der Waals surface area contributed by atoms with E-state index in [0.29, 0.717) is 12.2 Å². The fourth-order valence-electron chi connectivity index (χ4n) is 2.77. The van der Waals surface area contributed by atoms with Crippen molar-refractivity contribution in [3.05, 3.63) is 47.5 Å². The Balaban J connectivity index is 1.81. The summed E-state index contributed by atoms with van der Waals surface area (Å²) in [6.45, 7) is 3.93. The molecule has 3 rings (SSSR count). The average Bonchev–Trinajstić information content (AvgIpc) is 3.02. The minimum atomic E-state index is -0.435. The van der Waals surface area contributed by atoms with E-state index in [1.165, 1.54) is 21.7 Å². The molecule has 22 heavy (non-hydrogen) atoms. The minimum Gasteiger partial charge on any atom is -0.312 e. The maximum atomic E-state index is 13.0. The molecule has 114 valence electrons. The largest absolute Gasteiger partial charge is 0.312 e. The molecule has 0 spiro atoms. The van der Waals surface area contributed by atoms with Gasteiger partial charge in [-0.25, -0.2) is 9.07 Å². The molecule has 0 radical (unpaired) electrons. The highest BCUT2D eigenvalue weighted by atomic mass is 19.1. The predicted octanol–water partition coefficient (Wildman–Crippen LogP) is 2.33. The van der Waals surface area contributed by atoms with E-state index in [1.807, 2.05) is 19.9 Å². The van der Waals surface area contributed by atoms with Gasteiger partial charge in [-0.05, 0) is 44.2 Å². The first kappa shape index (κ1) is 14.4. The summed E-state index contributed by atoms with van der Waals surface area (Å²) in [6, 6.07) is 7.52. The van der Waals surface area contributed by atoms with Gasteiger partial charge in [-0.3, -0.25) is 9.59 Å². The Hall–Kier alpha value is -2.50. The molecule has 6 heteroatoms. The van der Waals surface area contributed by atoms with Crippen LogP contribution in [0.1, 0.15) is 22.6 Å². The number of amides is 1. The van der Waals surface area contributed by atoms with Gasteiger partial charge in [0.2, 0.25) is 5.91 Å². The van der Waals surface area contributed by atoms with E-state index in [2.05, 4.69) is 5.10 Å². The van der Waals surface area contributed by atoms with E-state index >= 15 is 0 Å². The Morgan fingerprint density at radius 3 is 2.55 bits per heavy atom. The average molecular weight is 301 g/mol. The summed E-state index contributed by atoms with van der Waals surface area (Å²) in [5, 5.41) is 4.18. The number of carbonyl (C=O) groups excluding carboxylic acids is 2. The molecular formula is C16H16FN3O2. The SMILES string of the molecule is Cc1cc(C)n(C(=O)C2CC(=O)N(c3ccc(F)cc3)C2)n1. The lowest BCUT2D eigenvalue weighted by atomic mass is 10.1. The summed E-state index contributed by atoms with van der Waals surface area (Å²) in [6.07, 6.45) is 0.147. The van der Waals surface area contributed by atoms with Crippen LogP contribution in [0.2, 0.25) is 0 Å². The van der Waals surface area contributed by atoms with Crippen LogP contribution in [0.4, 0.5) is 10.1 Å². The van der Waals surface area contributed by atoms with Crippen molar-refractivity contribution in [1.29, 1.82) is 0 Å². The molecule has 1 aromatic carbocycles. The van der Waals surface area contributed by atoms with Crippen LogP contribution in [0.3, 0.4) is 0 Å². The van der Waals surface area contributed by atoms with Crippen LogP contribution in [0.25, 0.3) is 0 Å². The van der Waals surface area contributed by atoms with Crippen molar-refractivity contribution >= 4 is 17.5 Å². The van der Waals surface area contributed by atoms with Crippen LogP contribution in [-0.2, 0) is 4.79 Å². The number of hydrogen-bond acceptors (Lipinski definition) is 3. The van der Waals surface area contributed by atoms with E-state index in [9.17, 15) is 14.0 Å². The Kier molecular flexibility index (Phi) is 3.52. The number of aryl methyl sites for hydroxylation is 2. The van der Waals surface area contributed by atoms with Crippen molar-refractivity contribution in [3.8, 4) is 0 Å². The second-order valence-electron chi connectivity index (χ2n) is 5.56. The first-order chi connectivity index (χ1) is 10.5. The lowest BCUT2D eigenvalue weighted by Gasteiger charge is -2.16. The quantitative estimate of drug-likeness (QED) is 0.855. The smallest absolute Gasteiger partial charge is 0.252 e. The maximum Gasteiger partial charge on any atom is 0.252 e. The van der Waals surface area contributed by atoms with Gasteiger partial charge in [0.1, 0.15) is 5.82 Å². The third-order valence-corrected chi connectivity index (χ3v) is 3.83. The monoisotopic (exact) mass is 301 g/mol. The highest BCUT2D eigenvalue weighted by molar-refractivity contribution is 6.00. The van der Waals surface area contributed by atoms with Crippen LogP contribution in [0, 0.1) is 25.6 Å². The fraction of sp³-hybridized carbons (Fsp3) is 0.312. The van der Waals surface area contributed by atoms with E-state index < -0.39 is 5.92 Å². The highest BCUT2D eigenvalue weighted by Crippen LogP contribution is 2.26. The second kappa shape index (κ2) is 5.36. The summed E-state index contributed by atoms with van der Waals surface area (Å²) >= 11 is 0. The van der Waals surface area contributed by atoms with Gasteiger partial charge in [0.05, 0.1) is 11.6 Å². The van der Waals surface area contributed by atoms with Crippen LogP contribution in [0.15, 0.2) is 30.3 Å². The van der Waals surface area contributed by atoms with E-state index in [1.54, 1.807) is 12.1 Å². The van der Waals surface area contributed by atoms with Crippen LogP contribution < -0.4 is 4.90 Å². The molecule has 0 N–H and O–H groups in total. The Morgan fingerprint density at radius 1 is 1.27 bits per heavy atom. The number of anilines is 1. The first-order valence-corrected chi connectivity index (χ1v) is 7.09. The normalized spacial score (nSPS) is 18.0. The summed E-state index contributed by atoms with van der Waals surface area (Å²) < 4.78 is 14.3. The number of hydrogen-bond donors (Lipinski definition) is 0. The maximum absolute atomic E-state index is 13.0. The van der Waals surface area contributed by atoms with Crippen molar-refractivity contribution in [3.63, 3.8) is 0 Å². The van der Waals surface area contributed by atoms with Crippen molar-refractivity contribution in [1.82, 2.24) is 9.78 Å². The summed E-state index contributed by atoms with van der Waals surface area (Å²) in [5.74, 6) is -1.10. The molecule has 1 atom stereocenters. The van der Waals surface area contributed by atoms with Crippen molar-refractivity contribution in [2.45, 2.75) is 20.3 Å². The molecule has 1 aliphatic heterocycles. The van der Waals surface area contributed by atoms with Crippen molar-refractivity contribution in [2.24, 2.45) is 5.92 Å². The number of nitrogens with zero attached hydrogens (tertiary/aromatic N) is 3. The Bertz CT molecular complexity index is 736. The molecule has 1 unspecified atom stereocenters. The summed E-state index contributed by atoms with van der Waals surface area (Å²) in [4.78, 5) is 26.2. The molecule has 5 nitrogen and oxygen atoms in total. The molecule has 0 saturated carbocycles. The van der Waals surface area contributed by atoms with Gasteiger partial charge in [0, 0.05) is 24.3 Å². The van der Waals surface area contributed by atoms with E-state index in [4.69, 9.17) is 0 Å². The first-order valence-electron chi connectivity index (χ1n) is 7.09. The lowest BCUT2D eigenvalue weighted by molar-refractivity contribution is -0.117. The zero-order valence-corrected chi connectivity index (χ0v) is 12.4. The number of rotatable bonds is 2. The Morgan fingerprint density at radius 2 is 1.95 bits per heavy atom. The van der Waals surface area contributed by atoms with Crippen LogP contribution >= 0.6 is 0 Å². The van der Waals surface area contributed by atoms with Crippen LogP contribution in [0.5, 0.6) is 0 Å². The molecule has 0 bridgehead atoms. The molecule has 2 heterocycles. The predicted molar refractivity (Wildman–Crippen MR) is 79.2 cm³/mol. The molecule has 1 fully saturated rings. The van der Waals surface area contributed by atoms with Gasteiger partial charge in [0.25, 0.3) is 5.91 Å². The topological polar surface area (TPSA) is 55.2 Å². The summed E-state index contributed by atoms with van der Waals surface area (Å²) in [7, 11) is 0. The van der Waals surface area contributed by atoms with E-state index in [0.717, 1.165) is 11.4 Å². The Labute approximate surface area is 127 Å². The highest BCUT2D eigenvalue weighted by Gasteiger charge is 2.36. The standard InChI is InChI=1S/C16H16FN3O2/c1-10-7-11(2)20(18-10)16(22)12-8-15(21)19(9-12)14-5-3-13(17)4-6-14/h3-7,12H,8-9H2,1-2H3. The third-order valence-electron chi connectivity index (χ3n) is 3.83. The lowest BCUT2D eigenvalue weighted by Crippen LogP contribution is -2.28. The van der Waals surface area contributed by atoms with Crippen LogP contribution in [-0.4, -0.2) is 28.1 Å². The minimum absolute atomic E-state index is 0.133. The van der Waals surface area contributed by atoms with Crippen molar-refractivity contribution in [2.75, 3.05) is 11.4 Å². The van der Waals surface area contributed by atoms with Gasteiger partial charge in [0.15, 0.2) is 0 Å². The number of halogens is 1. The zero-order chi connectivity index (χ0) is 15.9. The molecule has 1 aromatic heterocycles. The van der Waals surface area contributed by atoms with Crippen molar-refractivity contribution < 1.29 is 14.0 Å². The second-order valence-corrected chi connectivity index (χ2v) is 5.56. The fourth-order valence-corrected chi connectivity index (χ4v) is 2.77. The molecule has 0 aliphatic carbocycles.